The summed E-state index contributed by atoms with van der Waals surface area (Å²) in [6.45, 7) is 9.02. The van der Waals surface area contributed by atoms with Gasteiger partial charge < -0.3 is 16.0 Å². The van der Waals surface area contributed by atoms with Gasteiger partial charge in [-0.1, -0.05) is 27.7 Å². The number of nitrogens with one attached hydrogen (secondary N) is 1. The zero-order valence-corrected chi connectivity index (χ0v) is 18.2. The summed E-state index contributed by atoms with van der Waals surface area (Å²) in [7, 11) is 0. The molecule has 0 aliphatic carbocycles. The van der Waals surface area contributed by atoms with Gasteiger partial charge in [-0.25, -0.2) is 4.98 Å². The Hall–Kier alpha value is -0.890. The summed E-state index contributed by atoms with van der Waals surface area (Å²) in [5.41, 5.74) is 6.06. The van der Waals surface area contributed by atoms with Crippen molar-refractivity contribution in [3.05, 3.63) is 11.1 Å². The van der Waals surface area contributed by atoms with E-state index >= 15 is 0 Å². The van der Waals surface area contributed by atoms with Crippen molar-refractivity contribution in [1.82, 2.24) is 9.88 Å². The third-order valence-electron chi connectivity index (χ3n) is 4.36. The number of anilines is 1. The number of carbonyl (C=O) groups is 2. The SMILES string of the molecule is CC1CCN(C(=O)Cc2csc(NC(=O)C(C)(C)C)n2)C(CN)C1.Cl.Cl. The Morgan fingerprint density at radius 3 is 2.62 bits per heavy atom. The maximum absolute atomic E-state index is 12.6. The Morgan fingerprint density at radius 1 is 1.38 bits per heavy atom. The Kier molecular flexibility index (Phi) is 10.1. The highest BCUT2D eigenvalue weighted by Crippen LogP contribution is 2.24. The van der Waals surface area contributed by atoms with E-state index in [0.29, 0.717) is 23.3 Å². The van der Waals surface area contributed by atoms with Gasteiger partial charge in [0, 0.05) is 29.9 Å². The van der Waals surface area contributed by atoms with E-state index in [4.69, 9.17) is 5.73 Å². The fraction of sp³-hybridized carbons (Fsp3) is 0.706. The van der Waals surface area contributed by atoms with Crippen LogP contribution in [0.4, 0.5) is 5.13 Å². The molecule has 0 radical (unpaired) electrons. The largest absolute Gasteiger partial charge is 0.338 e. The van der Waals surface area contributed by atoms with Crippen LogP contribution in [0, 0.1) is 11.3 Å². The first-order chi connectivity index (χ1) is 11.2. The maximum Gasteiger partial charge on any atom is 0.231 e. The topological polar surface area (TPSA) is 88.3 Å². The highest BCUT2D eigenvalue weighted by atomic mass is 35.5. The Morgan fingerprint density at radius 2 is 2.04 bits per heavy atom. The summed E-state index contributed by atoms with van der Waals surface area (Å²) < 4.78 is 0. The number of hydrogen-bond donors (Lipinski definition) is 2. The minimum Gasteiger partial charge on any atom is -0.338 e. The van der Waals surface area contributed by atoms with E-state index < -0.39 is 5.41 Å². The first-order valence-corrected chi connectivity index (χ1v) is 9.34. The number of nitrogens with zero attached hydrogens (tertiary/aromatic N) is 2. The number of nitrogens with two attached hydrogens (primary N) is 1. The quantitative estimate of drug-likeness (QED) is 0.776. The third kappa shape index (κ3) is 6.68. The summed E-state index contributed by atoms with van der Waals surface area (Å²) in [6, 6.07) is 0.125. The molecule has 2 unspecified atom stereocenters. The smallest absolute Gasteiger partial charge is 0.231 e. The molecule has 1 aromatic rings. The molecular formula is C17H30Cl2N4O2S. The number of hydrogen-bond acceptors (Lipinski definition) is 5. The third-order valence-corrected chi connectivity index (χ3v) is 5.16. The van der Waals surface area contributed by atoms with Gasteiger partial charge in [-0.05, 0) is 18.8 Å². The molecule has 26 heavy (non-hydrogen) atoms. The van der Waals surface area contributed by atoms with E-state index in [9.17, 15) is 9.59 Å². The van der Waals surface area contributed by atoms with E-state index in [1.165, 1.54) is 11.3 Å². The van der Waals surface area contributed by atoms with Gasteiger partial charge in [0.2, 0.25) is 11.8 Å². The summed E-state index contributed by atoms with van der Waals surface area (Å²) in [4.78, 5) is 30.8. The normalized spacial score (nSPS) is 20.0. The molecule has 0 spiro atoms. The van der Waals surface area contributed by atoms with Gasteiger partial charge in [-0.3, -0.25) is 9.59 Å². The molecule has 1 fully saturated rings. The minimum absolute atomic E-state index is 0. The molecular weight excluding hydrogens is 395 g/mol. The van der Waals surface area contributed by atoms with Crippen LogP contribution in [-0.2, 0) is 16.0 Å². The summed E-state index contributed by atoms with van der Waals surface area (Å²) in [5.74, 6) is 0.598. The number of carbonyl (C=O) groups excluding carboxylic acids is 2. The van der Waals surface area contributed by atoms with E-state index in [-0.39, 0.29) is 49.1 Å². The highest BCUT2D eigenvalue weighted by Gasteiger charge is 2.29. The van der Waals surface area contributed by atoms with Crippen LogP contribution in [-0.4, -0.2) is 40.8 Å². The lowest BCUT2D eigenvalue weighted by molar-refractivity contribution is -0.134. The van der Waals surface area contributed by atoms with E-state index in [1.807, 2.05) is 31.1 Å². The molecule has 0 aromatic carbocycles. The zero-order chi connectivity index (χ0) is 17.9. The molecule has 1 aliphatic rings. The van der Waals surface area contributed by atoms with E-state index in [0.717, 1.165) is 19.4 Å². The van der Waals surface area contributed by atoms with Crippen molar-refractivity contribution in [2.45, 2.75) is 53.0 Å². The Labute approximate surface area is 172 Å². The Balaban J connectivity index is 0.00000312. The standard InChI is InChI=1S/C17H28N4O2S.2ClH/c1-11-5-6-21(13(7-11)9-18)14(22)8-12-10-24-16(19-12)20-15(23)17(2,3)4;;/h10-11,13H,5-9,18H2,1-4H3,(H,19,20,23);2*1H. The predicted octanol–water partition coefficient (Wildman–Crippen LogP) is 3.10. The summed E-state index contributed by atoms with van der Waals surface area (Å²) in [5, 5.41) is 5.18. The lowest BCUT2D eigenvalue weighted by Crippen LogP contribution is -2.49. The van der Waals surface area contributed by atoms with Crippen LogP contribution in [0.2, 0.25) is 0 Å². The van der Waals surface area contributed by atoms with Crippen molar-refractivity contribution in [2.75, 3.05) is 18.4 Å². The molecule has 9 heteroatoms. The Bertz CT molecular complexity index is 604. The lowest BCUT2D eigenvalue weighted by Gasteiger charge is -2.38. The van der Waals surface area contributed by atoms with Crippen molar-refractivity contribution in [3.8, 4) is 0 Å². The molecule has 1 aliphatic heterocycles. The average Bonchev–Trinajstić information content (AvgIpc) is 2.92. The first kappa shape index (κ1) is 25.1. The molecule has 3 N–H and O–H groups in total. The second-order valence-corrected chi connectivity index (χ2v) is 8.49. The maximum atomic E-state index is 12.6. The lowest BCUT2D eigenvalue weighted by atomic mass is 9.92. The second-order valence-electron chi connectivity index (χ2n) is 7.63. The van der Waals surface area contributed by atoms with Gasteiger partial charge in [0.25, 0.3) is 0 Å². The molecule has 1 aromatic heterocycles. The van der Waals surface area contributed by atoms with Crippen molar-refractivity contribution in [3.63, 3.8) is 0 Å². The van der Waals surface area contributed by atoms with E-state index in [1.54, 1.807) is 0 Å². The van der Waals surface area contributed by atoms with Gasteiger partial charge in [-0.2, -0.15) is 0 Å². The summed E-state index contributed by atoms with van der Waals surface area (Å²) in [6.07, 6.45) is 2.24. The molecule has 2 heterocycles. The van der Waals surface area contributed by atoms with Gasteiger partial charge in [-0.15, -0.1) is 36.2 Å². The number of thiazole rings is 1. The second kappa shape index (κ2) is 10.4. The van der Waals surface area contributed by atoms with Crippen LogP contribution in [0.15, 0.2) is 5.38 Å². The van der Waals surface area contributed by atoms with Crippen LogP contribution < -0.4 is 11.1 Å². The van der Waals surface area contributed by atoms with Crippen LogP contribution in [0.5, 0.6) is 0 Å². The number of halogens is 2. The molecule has 2 amide bonds. The molecule has 150 valence electrons. The first-order valence-electron chi connectivity index (χ1n) is 8.46. The van der Waals surface area contributed by atoms with Crippen LogP contribution in [0.25, 0.3) is 0 Å². The number of rotatable bonds is 4. The number of aromatic nitrogens is 1. The van der Waals surface area contributed by atoms with E-state index in [2.05, 4.69) is 17.2 Å². The predicted molar refractivity (Wildman–Crippen MR) is 111 cm³/mol. The van der Waals surface area contributed by atoms with Crippen LogP contribution >= 0.6 is 36.2 Å². The van der Waals surface area contributed by atoms with Gasteiger partial charge >= 0.3 is 0 Å². The molecule has 0 bridgehead atoms. The fourth-order valence-corrected chi connectivity index (χ4v) is 3.50. The van der Waals surface area contributed by atoms with Crippen LogP contribution in [0.1, 0.15) is 46.2 Å². The van der Waals surface area contributed by atoms with Crippen molar-refractivity contribution >= 4 is 53.1 Å². The van der Waals surface area contributed by atoms with Crippen molar-refractivity contribution in [1.29, 1.82) is 0 Å². The molecule has 0 saturated carbocycles. The number of piperidine rings is 1. The molecule has 2 atom stereocenters. The number of likely N-dealkylation sites (tertiary alicyclic amines) is 1. The summed E-state index contributed by atoms with van der Waals surface area (Å²) >= 11 is 1.35. The van der Waals surface area contributed by atoms with Crippen LogP contribution in [0.3, 0.4) is 0 Å². The van der Waals surface area contributed by atoms with Gasteiger partial charge in [0.05, 0.1) is 12.1 Å². The fourth-order valence-electron chi connectivity index (χ4n) is 2.79. The molecule has 2 rings (SSSR count). The molecule has 1 saturated heterocycles. The average molecular weight is 425 g/mol. The number of amides is 2. The van der Waals surface area contributed by atoms with Gasteiger partial charge in [0.15, 0.2) is 5.13 Å². The minimum atomic E-state index is -0.472. The van der Waals surface area contributed by atoms with Gasteiger partial charge in [0.1, 0.15) is 0 Å². The highest BCUT2D eigenvalue weighted by molar-refractivity contribution is 7.13. The monoisotopic (exact) mass is 424 g/mol. The van der Waals surface area contributed by atoms with Crippen molar-refractivity contribution < 1.29 is 9.59 Å². The van der Waals surface area contributed by atoms with Crippen molar-refractivity contribution in [2.24, 2.45) is 17.1 Å². The molecule has 6 nitrogen and oxygen atoms in total. The zero-order valence-electron chi connectivity index (χ0n) is 15.8.